The van der Waals surface area contributed by atoms with E-state index in [1.54, 1.807) is 11.0 Å². The Labute approximate surface area is 206 Å². The summed E-state index contributed by atoms with van der Waals surface area (Å²) in [6.07, 6.45) is 1.77. The molecule has 0 unspecified atom stereocenters. The number of nitrogens with zero attached hydrogens (tertiary/aromatic N) is 1. The molecule has 35 heavy (non-hydrogen) atoms. The van der Waals surface area contributed by atoms with Gasteiger partial charge in [0, 0.05) is 30.0 Å². The molecule has 3 aromatic rings. The second-order valence-electron chi connectivity index (χ2n) is 8.88. The molecule has 1 aliphatic rings. The van der Waals surface area contributed by atoms with Gasteiger partial charge in [-0.2, -0.15) is 0 Å². The number of anilines is 1. The van der Waals surface area contributed by atoms with Crippen LogP contribution in [0.5, 0.6) is 5.75 Å². The zero-order chi connectivity index (χ0) is 24.6. The average Bonchev–Trinajstić information content (AvgIpc) is 3.39. The van der Waals surface area contributed by atoms with Gasteiger partial charge in [0.05, 0.1) is 6.10 Å². The standard InChI is InChI=1S/C29H32N2O4/c1-21-10-8-16-27(22(21)2)30-28(32)19-31(18-25-14-9-17-34-25)29(33)26-15-7-6-11-23(26)20-35-24-12-4-3-5-13-24/h3-8,10-13,15-16,25H,9,14,17-20H2,1-2H3,(H,30,32)/t25-/m0/s1. The van der Waals surface area contributed by atoms with E-state index < -0.39 is 0 Å². The number of hydrogen-bond donors (Lipinski definition) is 1. The first-order valence-electron chi connectivity index (χ1n) is 12.0. The molecule has 3 aromatic carbocycles. The summed E-state index contributed by atoms with van der Waals surface area (Å²) >= 11 is 0. The van der Waals surface area contributed by atoms with E-state index in [2.05, 4.69) is 5.32 Å². The second kappa shape index (κ2) is 11.7. The summed E-state index contributed by atoms with van der Waals surface area (Å²) < 4.78 is 11.7. The first-order valence-corrected chi connectivity index (χ1v) is 12.0. The molecule has 1 fully saturated rings. The smallest absolute Gasteiger partial charge is 0.254 e. The highest BCUT2D eigenvalue weighted by Gasteiger charge is 2.26. The van der Waals surface area contributed by atoms with Crippen LogP contribution in [-0.4, -0.2) is 42.5 Å². The quantitative estimate of drug-likeness (QED) is 0.468. The highest BCUT2D eigenvalue weighted by molar-refractivity contribution is 6.00. The van der Waals surface area contributed by atoms with E-state index in [4.69, 9.17) is 9.47 Å². The number of ether oxygens (including phenoxy) is 2. The van der Waals surface area contributed by atoms with Crippen LogP contribution >= 0.6 is 0 Å². The minimum atomic E-state index is -0.233. The van der Waals surface area contributed by atoms with Crippen LogP contribution in [0.25, 0.3) is 0 Å². The van der Waals surface area contributed by atoms with E-state index >= 15 is 0 Å². The van der Waals surface area contributed by atoms with Crippen LogP contribution in [0.15, 0.2) is 72.8 Å². The second-order valence-corrected chi connectivity index (χ2v) is 8.88. The fourth-order valence-corrected chi connectivity index (χ4v) is 4.21. The molecule has 1 N–H and O–H groups in total. The van der Waals surface area contributed by atoms with Crippen molar-refractivity contribution in [1.82, 2.24) is 4.90 Å². The van der Waals surface area contributed by atoms with Crippen LogP contribution < -0.4 is 10.1 Å². The number of para-hydroxylation sites is 1. The Morgan fingerprint density at radius 3 is 2.54 bits per heavy atom. The van der Waals surface area contributed by atoms with Crippen LogP contribution in [-0.2, 0) is 16.1 Å². The van der Waals surface area contributed by atoms with E-state index in [1.165, 1.54) is 0 Å². The predicted molar refractivity (Wildman–Crippen MR) is 137 cm³/mol. The Kier molecular flexibility index (Phi) is 8.16. The summed E-state index contributed by atoms with van der Waals surface area (Å²) in [7, 11) is 0. The zero-order valence-electron chi connectivity index (χ0n) is 20.3. The monoisotopic (exact) mass is 472 g/mol. The van der Waals surface area contributed by atoms with Crippen molar-refractivity contribution in [2.45, 2.75) is 39.4 Å². The third-order valence-electron chi connectivity index (χ3n) is 6.33. The zero-order valence-corrected chi connectivity index (χ0v) is 20.3. The maximum Gasteiger partial charge on any atom is 0.254 e. The summed E-state index contributed by atoms with van der Waals surface area (Å²) in [4.78, 5) is 28.3. The first-order chi connectivity index (χ1) is 17.0. The van der Waals surface area contributed by atoms with Crippen molar-refractivity contribution in [1.29, 1.82) is 0 Å². The molecular weight excluding hydrogens is 440 g/mol. The maximum absolute atomic E-state index is 13.7. The van der Waals surface area contributed by atoms with Gasteiger partial charge >= 0.3 is 0 Å². The van der Waals surface area contributed by atoms with Gasteiger partial charge in [0.1, 0.15) is 18.9 Å². The summed E-state index contributed by atoms with van der Waals surface area (Å²) in [5, 5.41) is 2.98. The van der Waals surface area contributed by atoms with E-state index in [-0.39, 0.29) is 31.1 Å². The fraction of sp³-hybridized carbons (Fsp3) is 0.310. The van der Waals surface area contributed by atoms with Crippen LogP contribution in [0, 0.1) is 13.8 Å². The highest BCUT2D eigenvalue weighted by atomic mass is 16.5. The predicted octanol–water partition coefficient (Wildman–Crippen LogP) is 5.14. The lowest BCUT2D eigenvalue weighted by Crippen LogP contribution is -2.42. The molecule has 0 aromatic heterocycles. The van der Waals surface area contributed by atoms with Gasteiger partial charge in [0.2, 0.25) is 5.91 Å². The molecule has 6 heteroatoms. The lowest BCUT2D eigenvalue weighted by atomic mass is 10.1. The van der Waals surface area contributed by atoms with Crippen molar-refractivity contribution in [2.75, 3.05) is 25.0 Å². The third kappa shape index (κ3) is 6.49. The molecule has 0 radical (unpaired) electrons. The minimum Gasteiger partial charge on any atom is -0.489 e. The number of carbonyl (C=O) groups is 2. The first kappa shape index (κ1) is 24.5. The lowest BCUT2D eigenvalue weighted by molar-refractivity contribution is -0.117. The fourth-order valence-electron chi connectivity index (χ4n) is 4.21. The molecule has 0 aliphatic carbocycles. The molecule has 0 saturated carbocycles. The van der Waals surface area contributed by atoms with Crippen LogP contribution in [0.4, 0.5) is 5.69 Å². The van der Waals surface area contributed by atoms with Gasteiger partial charge in [-0.25, -0.2) is 0 Å². The molecule has 6 nitrogen and oxygen atoms in total. The molecule has 1 atom stereocenters. The lowest BCUT2D eigenvalue weighted by Gasteiger charge is -2.26. The third-order valence-corrected chi connectivity index (χ3v) is 6.33. The van der Waals surface area contributed by atoms with Crippen molar-refractivity contribution in [3.05, 3.63) is 95.1 Å². The number of carbonyl (C=O) groups excluding carboxylic acids is 2. The molecule has 0 spiro atoms. The van der Waals surface area contributed by atoms with E-state index in [0.717, 1.165) is 41.0 Å². The molecular formula is C29H32N2O4. The van der Waals surface area contributed by atoms with Gasteiger partial charge in [-0.1, -0.05) is 48.5 Å². The maximum atomic E-state index is 13.7. The van der Waals surface area contributed by atoms with Gasteiger partial charge in [-0.05, 0) is 62.1 Å². The SMILES string of the molecule is Cc1cccc(NC(=O)CN(C[C@@H]2CCCO2)C(=O)c2ccccc2COc2ccccc2)c1C. The normalized spacial score (nSPS) is 15.0. The van der Waals surface area contributed by atoms with E-state index in [9.17, 15) is 9.59 Å². The van der Waals surface area contributed by atoms with Crippen molar-refractivity contribution in [2.24, 2.45) is 0 Å². The Bertz CT molecular complexity index is 1160. The summed E-state index contributed by atoms with van der Waals surface area (Å²) in [6.45, 7) is 5.24. The van der Waals surface area contributed by atoms with Crippen molar-refractivity contribution >= 4 is 17.5 Å². The summed E-state index contributed by atoms with van der Waals surface area (Å²) in [5.74, 6) is 0.297. The Balaban J connectivity index is 1.51. The van der Waals surface area contributed by atoms with E-state index in [1.807, 2.05) is 80.6 Å². The number of rotatable bonds is 9. The molecule has 0 bridgehead atoms. The Morgan fingerprint density at radius 1 is 1.00 bits per heavy atom. The topological polar surface area (TPSA) is 67.9 Å². The van der Waals surface area contributed by atoms with Gasteiger partial charge in [0.15, 0.2) is 0 Å². The van der Waals surface area contributed by atoms with Gasteiger partial charge in [-0.3, -0.25) is 9.59 Å². The Morgan fingerprint density at radius 2 is 1.77 bits per heavy atom. The van der Waals surface area contributed by atoms with Crippen molar-refractivity contribution in [3.8, 4) is 5.75 Å². The van der Waals surface area contributed by atoms with E-state index in [0.29, 0.717) is 18.7 Å². The Hall–Kier alpha value is -3.64. The molecule has 1 heterocycles. The summed E-state index contributed by atoms with van der Waals surface area (Å²) in [6, 6.07) is 22.7. The molecule has 4 rings (SSSR count). The number of amides is 2. The average molecular weight is 473 g/mol. The summed E-state index contributed by atoms with van der Waals surface area (Å²) in [5.41, 5.74) is 4.18. The van der Waals surface area contributed by atoms with Crippen LogP contribution in [0.1, 0.15) is 39.9 Å². The largest absolute Gasteiger partial charge is 0.489 e. The number of aryl methyl sites for hydroxylation is 1. The number of nitrogens with one attached hydrogen (secondary N) is 1. The molecule has 2 amide bonds. The number of hydrogen-bond acceptors (Lipinski definition) is 4. The number of benzene rings is 3. The van der Waals surface area contributed by atoms with Crippen molar-refractivity contribution < 1.29 is 19.1 Å². The minimum absolute atomic E-state index is 0.0556. The molecule has 1 aliphatic heterocycles. The van der Waals surface area contributed by atoms with Crippen LogP contribution in [0.2, 0.25) is 0 Å². The highest BCUT2D eigenvalue weighted by Crippen LogP contribution is 2.21. The molecule has 182 valence electrons. The van der Waals surface area contributed by atoms with Gasteiger partial charge < -0.3 is 19.7 Å². The van der Waals surface area contributed by atoms with Crippen molar-refractivity contribution in [3.63, 3.8) is 0 Å². The van der Waals surface area contributed by atoms with Crippen LogP contribution in [0.3, 0.4) is 0 Å². The molecule has 1 saturated heterocycles. The van der Waals surface area contributed by atoms with Gasteiger partial charge in [0.25, 0.3) is 5.91 Å². The van der Waals surface area contributed by atoms with Gasteiger partial charge in [-0.15, -0.1) is 0 Å².